The van der Waals surface area contributed by atoms with Crippen LogP contribution < -0.4 is 5.32 Å². The third-order valence-electron chi connectivity index (χ3n) is 3.34. The standard InChI is InChI=1S/C14H17N3S/c1-2-7-13-12(6-1)14(10-16-17-13)15-9-11-5-3-4-8-18-11/h1-2,6-7,10-11H,3-5,8-9H2,(H,15,17). The highest BCUT2D eigenvalue weighted by molar-refractivity contribution is 7.99. The molecule has 0 aliphatic carbocycles. The highest BCUT2D eigenvalue weighted by Gasteiger charge is 2.13. The molecule has 1 N–H and O–H groups in total. The third kappa shape index (κ3) is 2.58. The molecule has 18 heavy (non-hydrogen) atoms. The molecule has 1 aliphatic rings. The van der Waals surface area contributed by atoms with Crippen LogP contribution in [0.25, 0.3) is 10.9 Å². The molecule has 1 fully saturated rings. The first-order valence-corrected chi connectivity index (χ1v) is 7.54. The summed E-state index contributed by atoms with van der Waals surface area (Å²) < 4.78 is 0. The molecule has 0 bridgehead atoms. The zero-order chi connectivity index (χ0) is 12.2. The van der Waals surface area contributed by atoms with Crippen molar-refractivity contribution >= 4 is 28.4 Å². The van der Waals surface area contributed by atoms with Crippen molar-refractivity contribution in [1.82, 2.24) is 10.2 Å². The van der Waals surface area contributed by atoms with Gasteiger partial charge in [-0.05, 0) is 24.7 Å². The zero-order valence-corrected chi connectivity index (χ0v) is 11.1. The highest BCUT2D eigenvalue weighted by Crippen LogP contribution is 2.26. The Morgan fingerprint density at radius 1 is 1.28 bits per heavy atom. The van der Waals surface area contributed by atoms with E-state index >= 15 is 0 Å². The first-order valence-electron chi connectivity index (χ1n) is 6.49. The Balaban J connectivity index is 1.74. The summed E-state index contributed by atoms with van der Waals surface area (Å²) in [7, 11) is 0. The summed E-state index contributed by atoms with van der Waals surface area (Å²) in [6.07, 6.45) is 5.90. The minimum absolute atomic E-state index is 0.741. The number of hydrogen-bond donors (Lipinski definition) is 1. The minimum Gasteiger partial charge on any atom is -0.382 e. The van der Waals surface area contributed by atoms with Crippen molar-refractivity contribution in [3.05, 3.63) is 30.5 Å². The van der Waals surface area contributed by atoms with E-state index in [-0.39, 0.29) is 0 Å². The summed E-state index contributed by atoms with van der Waals surface area (Å²) in [4.78, 5) is 0. The predicted molar refractivity (Wildman–Crippen MR) is 78.1 cm³/mol. The first kappa shape index (κ1) is 11.8. The molecule has 94 valence electrons. The third-order valence-corrected chi connectivity index (χ3v) is 4.74. The van der Waals surface area contributed by atoms with Gasteiger partial charge in [0.25, 0.3) is 0 Å². The Bertz CT molecular complexity index is 518. The summed E-state index contributed by atoms with van der Waals surface area (Å²) in [5.74, 6) is 1.31. The van der Waals surface area contributed by atoms with Crippen molar-refractivity contribution in [2.24, 2.45) is 0 Å². The molecule has 0 amide bonds. The van der Waals surface area contributed by atoms with Gasteiger partial charge in [-0.1, -0.05) is 24.6 Å². The van der Waals surface area contributed by atoms with E-state index < -0.39 is 0 Å². The van der Waals surface area contributed by atoms with Crippen molar-refractivity contribution in [3.63, 3.8) is 0 Å². The SMILES string of the molecule is c1ccc2c(NCC3CCCCS3)cnnc2c1. The first-order chi connectivity index (χ1) is 8.93. The summed E-state index contributed by atoms with van der Waals surface area (Å²) in [6.45, 7) is 1.03. The van der Waals surface area contributed by atoms with Gasteiger partial charge in [0.2, 0.25) is 0 Å². The fourth-order valence-corrected chi connectivity index (χ4v) is 3.58. The molecule has 1 atom stereocenters. The molecular formula is C14H17N3S. The number of fused-ring (bicyclic) bond motifs is 1. The minimum atomic E-state index is 0.741. The van der Waals surface area contributed by atoms with Crippen LogP contribution in [0.5, 0.6) is 0 Å². The lowest BCUT2D eigenvalue weighted by atomic mass is 10.1. The largest absolute Gasteiger partial charge is 0.382 e. The average Bonchev–Trinajstić information content (AvgIpc) is 2.46. The number of aromatic nitrogens is 2. The molecule has 1 aromatic carbocycles. The molecule has 1 aromatic heterocycles. The van der Waals surface area contributed by atoms with Crippen LogP contribution in [-0.4, -0.2) is 27.7 Å². The maximum absolute atomic E-state index is 4.14. The van der Waals surface area contributed by atoms with Gasteiger partial charge in [0.1, 0.15) is 0 Å². The fourth-order valence-electron chi connectivity index (χ4n) is 2.34. The smallest absolute Gasteiger partial charge is 0.0950 e. The molecule has 0 saturated carbocycles. The number of nitrogens with zero attached hydrogens (tertiary/aromatic N) is 2. The van der Waals surface area contributed by atoms with E-state index in [4.69, 9.17) is 0 Å². The van der Waals surface area contributed by atoms with E-state index in [0.29, 0.717) is 0 Å². The Hall–Kier alpha value is -1.29. The van der Waals surface area contributed by atoms with Crippen molar-refractivity contribution in [2.75, 3.05) is 17.6 Å². The van der Waals surface area contributed by atoms with Gasteiger partial charge in [-0.25, -0.2) is 0 Å². The van der Waals surface area contributed by atoms with Crippen LogP contribution >= 0.6 is 11.8 Å². The predicted octanol–water partition coefficient (Wildman–Crippen LogP) is 3.33. The van der Waals surface area contributed by atoms with Crippen LogP contribution in [0.3, 0.4) is 0 Å². The van der Waals surface area contributed by atoms with Gasteiger partial charge in [-0.15, -0.1) is 0 Å². The molecule has 2 aromatic rings. The molecule has 1 saturated heterocycles. The van der Waals surface area contributed by atoms with Gasteiger partial charge in [-0.2, -0.15) is 22.0 Å². The van der Waals surface area contributed by atoms with Crippen LogP contribution in [-0.2, 0) is 0 Å². The molecule has 0 spiro atoms. The van der Waals surface area contributed by atoms with E-state index in [1.54, 1.807) is 0 Å². The summed E-state index contributed by atoms with van der Waals surface area (Å²) in [6, 6.07) is 8.14. The van der Waals surface area contributed by atoms with E-state index in [1.165, 1.54) is 25.0 Å². The van der Waals surface area contributed by atoms with Gasteiger partial charge >= 0.3 is 0 Å². The quantitative estimate of drug-likeness (QED) is 0.917. The Labute approximate surface area is 111 Å². The van der Waals surface area contributed by atoms with Crippen LogP contribution in [0, 0.1) is 0 Å². The molecule has 4 heteroatoms. The summed E-state index contributed by atoms with van der Waals surface area (Å²) in [5.41, 5.74) is 2.06. The Morgan fingerprint density at radius 2 is 2.22 bits per heavy atom. The lowest BCUT2D eigenvalue weighted by Gasteiger charge is -2.22. The van der Waals surface area contributed by atoms with Crippen molar-refractivity contribution in [1.29, 1.82) is 0 Å². The fraction of sp³-hybridized carbons (Fsp3) is 0.429. The molecule has 0 radical (unpaired) electrons. The number of nitrogens with one attached hydrogen (secondary N) is 1. The summed E-state index contributed by atoms with van der Waals surface area (Å²) >= 11 is 2.09. The van der Waals surface area contributed by atoms with Gasteiger partial charge in [0.15, 0.2) is 0 Å². The maximum atomic E-state index is 4.14. The van der Waals surface area contributed by atoms with E-state index in [9.17, 15) is 0 Å². The van der Waals surface area contributed by atoms with Crippen LogP contribution in [0.1, 0.15) is 19.3 Å². The lowest BCUT2D eigenvalue weighted by molar-refractivity contribution is 0.677. The zero-order valence-electron chi connectivity index (χ0n) is 10.3. The van der Waals surface area contributed by atoms with Crippen molar-refractivity contribution in [3.8, 4) is 0 Å². The second-order valence-electron chi connectivity index (χ2n) is 4.64. The number of anilines is 1. The highest BCUT2D eigenvalue weighted by atomic mass is 32.2. The molecule has 1 unspecified atom stereocenters. The Kier molecular flexibility index (Phi) is 3.64. The second kappa shape index (κ2) is 5.57. The van der Waals surface area contributed by atoms with Crippen LogP contribution in [0.15, 0.2) is 30.5 Å². The van der Waals surface area contributed by atoms with Gasteiger partial charge in [-0.3, -0.25) is 0 Å². The monoisotopic (exact) mass is 259 g/mol. The van der Waals surface area contributed by atoms with Gasteiger partial charge in [0, 0.05) is 17.2 Å². The van der Waals surface area contributed by atoms with Crippen molar-refractivity contribution in [2.45, 2.75) is 24.5 Å². The maximum Gasteiger partial charge on any atom is 0.0950 e. The second-order valence-corrected chi connectivity index (χ2v) is 6.05. The molecule has 1 aliphatic heterocycles. The number of rotatable bonds is 3. The van der Waals surface area contributed by atoms with Crippen molar-refractivity contribution < 1.29 is 0 Å². The Morgan fingerprint density at radius 3 is 3.11 bits per heavy atom. The van der Waals surface area contributed by atoms with Crippen LogP contribution in [0.2, 0.25) is 0 Å². The number of thioether (sulfide) groups is 1. The van der Waals surface area contributed by atoms with Gasteiger partial charge in [0.05, 0.1) is 17.4 Å². The number of benzene rings is 1. The lowest BCUT2D eigenvalue weighted by Crippen LogP contribution is -2.20. The topological polar surface area (TPSA) is 37.8 Å². The number of hydrogen-bond acceptors (Lipinski definition) is 4. The normalized spacial score (nSPS) is 19.9. The van der Waals surface area contributed by atoms with E-state index in [2.05, 4.69) is 33.3 Å². The van der Waals surface area contributed by atoms with E-state index in [1.807, 2.05) is 24.4 Å². The van der Waals surface area contributed by atoms with E-state index in [0.717, 1.165) is 28.4 Å². The summed E-state index contributed by atoms with van der Waals surface area (Å²) in [5, 5.41) is 13.6. The molecule has 3 rings (SSSR count). The van der Waals surface area contributed by atoms with Crippen LogP contribution in [0.4, 0.5) is 5.69 Å². The molecule has 3 nitrogen and oxygen atoms in total. The van der Waals surface area contributed by atoms with Gasteiger partial charge < -0.3 is 5.32 Å². The average molecular weight is 259 g/mol. The molecule has 2 heterocycles. The molecular weight excluding hydrogens is 242 g/mol.